The fourth-order valence-electron chi connectivity index (χ4n) is 1.61. The summed E-state index contributed by atoms with van der Waals surface area (Å²) in [5.74, 6) is -1.69. The average Bonchev–Trinajstić information content (AvgIpc) is 2.41. The van der Waals surface area contributed by atoms with Crippen LogP contribution in [0.2, 0.25) is 0 Å². The second kappa shape index (κ2) is 5.97. The lowest BCUT2D eigenvalue weighted by Gasteiger charge is -2.07. The van der Waals surface area contributed by atoms with Crippen molar-refractivity contribution in [3.05, 3.63) is 59.9 Å². The van der Waals surface area contributed by atoms with E-state index in [0.29, 0.717) is 5.69 Å². The van der Waals surface area contributed by atoms with Gasteiger partial charge in [0.15, 0.2) is 11.6 Å². The maximum Gasteiger partial charge on any atom is 0.343 e. The molecule has 1 N–H and O–H groups in total. The first-order chi connectivity index (χ1) is 9.56. The van der Waals surface area contributed by atoms with E-state index < -0.39 is 11.8 Å². The van der Waals surface area contributed by atoms with Crippen LogP contribution in [0.5, 0.6) is 5.75 Å². The minimum atomic E-state index is -0.692. The molecule has 2 rings (SSSR count). The van der Waals surface area contributed by atoms with E-state index in [0.717, 1.165) is 0 Å². The first kappa shape index (κ1) is 13.7. The summed E-state index contributed by atoms with van der Waals surface area (Å²) >= 11 is 0. The van der Waals surface area contributed by atoms with Gasteiger partial charge in [-0.3, -0.25) is 4.79 Å². The van der Waals surface area contributed by atoms with Crippen LogP contribution in [0.4, 0.5) is 10.1 Å². The van der Waals surface area contributed by atoms with Gasteiger partial charge < -0.3 is 10.1 Å². The molecule has 5 heteroatoms. The Morgan fingerprint density at radius 3 is 2.55 bits per heavy atom. The van der Waals surface area contributed by atoms with Crippen molar-refractivity contribution in [2.75, 3.05) is 5.32 Å². The van der Waals surface area contributed by atoms with Crippen molar-refractivity contribution in [3.63, 3.8) is 0 Å². The molecule has 0 radical (unpaired) electrons. The zero-order valence-electron chi connectivity index (χ0n) is 10.7. The third kappa shape index (κ3) is 3.41. The minimum Gasteiger partial charge on any atom is -0.420 e. The Morgan fingerprint density at radius 2 is 1.85 bits per heavy atom. The molecule has 0 fully saturated rings. The Labute approximate surface area is 115 Å². The van der Waals surface area contributed by atoms with Crippen LogP contribution in [-0.2, 0) is 4.79 Å². The summed E-state index contributed by atoms with van der Waals surface area (Å²) in [5, 5.41) is 2.55. The van der Waals surface area contributed by atoms with E-state index in [-0.39, 0.29) is 17.2 Å². The van der Waals surface area contributed by atoms with Crippen LogP contribution in [0, 0.1) is 5.82 Å². The van der Waals surface area contributed by atoms with E-state index in [2.05, 4.69) is 5.32 Å². The number of amides is 1. The number of halogens is 1. The van der Waals surface area contributed by atoms with E-state index in [1.165, 1.54) is 37.3 Å². The fraction of sp³-hybridized carbons (Fsp3) is 0.0667. The normalized spacial score (nSPS) is 9.90. The lowest BCUT2D eigenvalue weighted by Crippen LogP contribution is -2.11. The van der Waals surface area contributed by atoms with Crippen LogP contribution in [0.15, 0.2) is 48.5 Å². The molecule has 2 aromatic rings. The average molecular weight is 273 g/mol. The molecule has 1 amide bonds. The Morgan fingerprint density at radius 1 is 1.10 bits per heavy atom. The largest absolute Gasteiger partial charge is 0.420 e. The molecule has 4 nitrogen and oxygen atoms in total. The number of carbonyl (C=O) groups excluding carboxylic acids is 2. The summed E-state index contributed by atoms with van der Waals surface area (Å²) in [6.07, 6.45) is 0. The highest BCUT2D eigenvalue weighted by molar-refractivity contribution is 5.94. The van der Waals surface area contributed by atoms with Crippen molar-refractivity contribution in [1.82, 2.24) is 0 Å². The third-order valence-electron chi connectivity index (χ3n) is 2.46. The summed E-state index contributed by atoms with van der Waals surface area (Å²) in [6.45, 7) is 1.37. The first-order valence-electron chi connectivity index (χ1n) is 5.90. The summed E-state index contributed by atoms with van der Waals surface area (Å²) < 4.78 is 18.3. The molecule has 0 bridgehead atoms. The highest BCUT2D eigenvalue weighted by Crippen LogP contribution is 2.18. The molecule has 2 aromatic carbocycles. The molecule has 20 heavy (non-hydrogen) atoms. The van der Waals surface area contributed by atoms with E-state index in [4.69, 9.17) is 4.74 Å². The van der Waals surface area contributed by atoms with Gasteiger partial charge in [-0.1, -0.05) is 18.2 Å². The number of esters is 1. The predicted molar refractivity (Wildman–Crippen MR) is 72.1 cm³/mol. The molecule has 0 unspecified atom stereocenters. The molecule has 0 saturated heterocycles. The summed E-state index contributed by atoms with van der Waals surface area (Å²) in [6, 6.07) is 11.9. The van der Waals surface area contributed by atoms with Crippen molar-refractivity contribution in [3.8, 4) is 5.75 Å². The number of anilines is 1. The maximum absolute atomic E-state index is 13.4. The zero-order chi connectivity index (χ0) is 14.5. The van der Waals surface area contributed by atoms with Crippen LogP contribution in [-0.4, -0.2) is 11.9 Å². The Hall–Kier alpha value is -2.69. The van der Waals surface area contributed by atoms with Gasteiger partial charge in [-0.05, 0) is 30.3 Å². The molecule has 0 aliphatic rings. The number of benzene rings is 2. The molecule has 0 saturated carbocycles. The van der Waals surface area contributed by atoms with Gasteiger partial charge in [-0.15, -0.1) is 0 Å². The molecule has 102 valence electrons. The summed E-state index contributed by atoms with van der Waals surface area (Å²) in [7, 11) is 0. The molecular weight excluding hydrogens is 261 g/mol. The Bertz CT molecular complexity index is 655. The van der Waals surface area contributed by atoms with Gasteiger partial charge in [0, 0.05) is 12.6 Å². The topological polar surface area (TPSA) is 55.4 Å². The number of ether oxygens (including phenoxy) is 1. The molecule has 0 spiro atoms. The van der Waals surface area contributed by atoms with Gasteiger partial charge in [-0.25, -0.2) is 9.18 Å². The SMILES string of the molecule is CC(=O)Nc1cccc(C(=O)Oc2ccccc2F)c1. The number of carbonyl (C=O) groups is 2. The van der Waals surface area contributed by atoms with Gasteiger partial charge in [0.2, 0.25) is 5.91 Å². The van der Waals surface area contributed by atoms with E-state index in [1.54, 1.807) is 18.2 Å². The van der Waals surface area contributed by atoms with Crippen LogP contribution < -0.4 is 10.1 Å². The van der Waals surface area contributed by atoms with Gasteiger partial charge in [0.1, 0.15) is 0 Å². The van der Waals surface area contributed by atoms with Crippen molar-refractivity contribution < 1.29 is 18.7 Å². The van der Waals surface area contributed by atoms with Crippen LogP contribution in [0.3, 0.4) is 0 Å². The van der Waals surface area contributed by atoms with Crippen LogP contribution >= 0.6 is 0 Å². The highest BCUT2D eigenvalue weighted by atomic mass is 19.1. The van der Waals surface area contributed by atoms with E-state index in [1.807, 2.05) is 0 Å². The lowest BCUT2D eigenvalue weighted by atomic mass is 10.2. The molecule has 0 aliphatic heterocycles. The Kier molecular flexibility index (Phi) is 4.10. The maximum atomic E-state index is 13.4. The molecule has 0 atom stereocenters. The second-order valence-corrected chi connectivity index (χ2v) is 4.08. The van der Waals surface area contributed by atoms with Crippen molar-refractivity contribution >= 4 is 17.6 Å². The molecular formula is C15H12FNO3. The van der Waals surface area contributed by atoms with Gasteiger partial charge in [0.25, 0.3) is 0 Å². The van der Waals surface area contributed by atoms with Gasteiger partial charge in [0.05, 0.1) is 5.56 Å². The van der Waals surface area contributed by atoms with E-state index >= 15 is 0 Å². The van der Waals surface area contributed by atoms with E-state index in [9.17, 15) is 14.0 Å². The first-order valence-corrected chi connectivity index (χ1v) is 5.90. The van der Waals surface area contributed by atoms with Gasteiger partial charge >= 0.3 is 5.97 Å². The van der Waals surface area contributed by atoms with Crippen molar-refractivity contribution in [1.29, 1.82) is 0 Å². The number of hydrogen-bond acceptors (Lipinski definition) is 3. The number of rotatable bonds is 3. The molecule has 0 aliphatic carbocycles. The zero-order valence-corrected chi connectivity index (χ0v) is 10.7. The Balaban J connectivity index is 2.17. The number of para-hydroxylation sites is 1. The standard InChI is InChI=1S/C15H12FNO3/c1-10(18)17-12-6-4-5-11(9-12)15(19)20-14-8-3-2-7-13(14)16/h2-9H,1H3,(H,17,18). The predicted octanol–water partition coefficient (Wildman–Crippen LogP) is 3.00. The smallest absolute Gasteiger partial charge is 0.343 e. The minimum absolute atomic E-state index is 0.137. The molecule has 0 heterocycles. The lowest BCUT2D eigenvalue weighted by molar-refractivity contribution is -0.114. The van der Waals surface area contributed by atoms with Crippen LogP contribution in [0.25, 0.3) is 0 Å². The second-order valence-electron chi connectivity index (χ2n) is 4.08. The quantitative estimate of drug-likeness (QED) is 0.691. The summed E-state index contributed by atoms with van der Waals surface area (Å²) in [5.41, 5.74) is 0.694. The van der Waals surface area contributed by atoms with Crippen molar-refractivity contribution in [2.24, 2.45) is 0 Å². The van der Waals surface area contributed by atoms with Crippen LogP contribution in [0.1, 0.15) is 17.3 Å². The molecule has 0 aromatic heterocycles. The monoisotopic (exact) mass is 273 g/mol. The van der Waals surface area contributed by atoms with Gasteiger partial charge in [-0.2, -0.15) is 0 Å². The van der Waals surface area contributed by atoms with Crippen molar-refractivity contribution in [2.45, 2.75) is 6.92 Å². The third-order valence-corrected chi connectivity index (χ3v) is 2.46. The highest BCUT2D eigenvalue weighted by Gasteiger charge is 2.12. The number of nitrogens with one attached hydrogen (secondary N) is 1. The number of hydrogen-bond donors (Lipinski definition) is 1. The fourth-order valence-corrected chi connectivity index (χ4v) is 1.61. The summed E-state index contributed by atoms with van der Waals surface area (Å²) in [4.78, 5) is 22.9.